The zero-order valence-corrected chi connectivity index (χ0v) is 14.1. The second-order valence-electron chi connectivity index (χ2n) is 4.56. The number of aryl methyl sites for hydroxylation is 1. The van der Waals surface area contributed by atoms with Gasteiger partial charge in [0.15, 0.2) is 0 Å². The highest BCUT2D eigenvalue weighted by atomic mass is 79.9. The van der Waals surface area contributed by atoms with E-state index in [1.54, 1.807) is 11.3 Å². The van der Waals surface area contributed by atoms with E-state index >= 15 is 0 Å². The molecule has 2 rings (SSSR count). The Morgan fingerprint density at radius 3 is 2.67 bits per heavy atom. The lowest BCUT2D eigenvalue weighted by Crippen LogP contribution is -2.14. The number of carbonyl (C=O) groups excluding carboxylic acids is 1. The Labute approximate surface area is 136 Å². The van der Waals surface area contributed by atoms with Gasteiger partial charge in [0.1, 0.15) is 5.75 Å². The van der Waals surface area contributed by atoms with Gasteiger partial charge >= 0.3 is 0 Å². The van der Waals surface area contributed by atoms with Crippen LogP contribution >= 0.6 is 27.3 Å². The van der Waals surface area contributed by atoms with Crippen LogP contribution in [0.2, 0.25) is 0 Å². The summed E-state index contributed by atoms with van der Waals surface area (Å²) in [6, 6.07) is 9.79. The topological polar surface area (TPSA) is 64.3 Å². The predicted molar refractivity (Wildman–Crippen MR) is 89.8 cm³/mol. The molecule has 2 aromatic rings. The van der Waals surface area contributed by atoms with E-state index < -0.39 is 0 Å². The second-order valence-corrected chi connectivity index (χ2v) is 6.75. The Balaban J connectivity index is 1.83. The molecule has 0 aliphatic heterocycles. The van der Waals surface area contributed by atoms with Gasteiger partial charge in [-0.25, -0.2) is 0 Å². The van der Waals surface area contributed by atoms with Crippen molar-refractivity contribution in [1.82, 2.24) is 0 Å². The largest absolute Gasteiger partial charge is 0.493 e. The number of nitrogens with one attached hydrogen (secondary N) is 1. The monoisotopic (exact) mass is 368 g/mol. The molecular weight excluding hydrogens is 352 g/mol. The number of halogens is 1. The van der Waals surface area contributed by atoms with Crippen LogP contribution < -0.4 is 15.8 Å². The van der Waals surface area contributed by atoms with Gasteiger partial charge in [-0.15, -0.1) is 11.3 Å². The summed E-state index contributed by atoms with van der Waals surface area (Å²) in [4.78, 5) is 13.2. The minimum Gasteiger partial charge on any atom is -0.493 e. The third-order valence-corrected chi connectivity index (χ3v) is 4.98. The van der Waals surface area contributed by atoms with Crippen molar-refractivity contribution in [2.75, 3.05) is 11.9 Å². The molecule has 0 unspecified atom stereocenters. The summed E-state index contributed by atoms with van der Waals surface area (Å²) in [6.45, 7) is 3.19. The Hall–Kier alpha value is -1.53. The van der Waals surface area contributed by atoms with Gasteiger partial charge in [0, 0.05) is 26.5 Å². The number of hydrogen-bond acceptors (Lipinski definition) is 4. The minimum absolute atomic E-state index is 0.229. The molecule has 0 atom stereocenters. The molecule has 112 valence electrons. The number of amides is 1. The van der Waals surface area contributed by atoms with Crippen LogP contribution in [0.15, 0.2) is 34.8 Å². The first-order chi connectivity index (χ1) is 10.0. The summed E-state index contributed by atoms with van der Waals surface area (Å²) in [5, 5.41) is 3.36. The van der Waals surface area contributed by atoms with E-state index in [4.69, 9.17) is 10.5 Å². The van der Waals surface area contributed by atoms with Crippen molar-refractivity contribution < 1.29 is 9.53 Å². The van der Waals surface area contributed by atoms with E-state index in [1.807, 2.05) is 24.3 Å². The van der Waals surface area contributed by atoms with Crippen molar-refractivity contribution in [3.05, 3.63) is 44.6 Å². The normalized spacial score (nSPS) is 10.4. The van der Waals surface area contributed by atoms with E-state index in [-0.39, 0.29) is 12.3 Å². The summed E-state index contributed by atoms with van der Waals surface area (Å²) in [5.74, 6) is 0.377. The van der Waals surface area contributed by atoms with Gasteiger partial charge in [0.2, 0.25) is 5.91 Å². The van der Waals surface area contributed by atoms with Crippen molar-refractivity contribution in [3.8, 4) is 5.75 Å². The molecule has 1 heterocycles. The number of rotatable bonds is 7. The van der Waals surface area contributed by atoms with Gasteiger partial charge < -0.3 is 15.8 Å². The highest BCUT2D eigenvalue weighted by molar-refractivity contribution is 9.10. The summed E-state index contributed by atoms with van der Waals surface area (Å²) in [5.41, 5.74) is 6.08. The van der Waals surface area contributed by atoms with E-state index in [1.165, 1.54) is 9.75 Å². The number of anilines is 1. The Kier molecular flexibility index (Phi) is 5.64. The molecule has 3 N–H and O–H groups in total. The van der Waals surface area contributed by atoms with Crippen LogP contribution in [-0.4, -0.2) is 12.5 Å². The zero-order valence-electron chi connectivity index (χ0n) is 11.7. The van der Waals surface area contributed by atoms with Gasteiger partial charge in [-0.1, -0.05) is 0 Å². The number of ether oxygens (including phenoxy) is 1. The average molecular weight is 369 g/mol. The maximum absolute atomic E-state index is 10.6. The lowest BCUT2D eigenvalue weighted by molar-refractivity contribution is -0.118. The molecule has 1 amide bonds. The minimum atomic E-state index is -0.356. The first-order valence-electron chi connectivity index (χ1n) is 6.54. The summed E-state index contributed by atoms with van der Waals surface area (Å²) < 4.78 is 6.58. The van der Waals surface area contributed by atoms with Crippen LogP contribution in [0.3, 0.4) is 0 Å². The van der Waals surface area contributed by atoms with Crippen LogP contribution in [0.5, 0.6) is 5.75 Å². The average Bonchev–Trinajstić information content (AvgIpc) is 2.77. The lowest BCUT2D eigenvalue weighted by Gasteiger charge is -2.07. The number of hydrogen-bond donors (Lipinski definition) is 2. The van der Waals surface area contributed by atoms with Crippen LogP contribution in [0.25, 0.3) is 0 Å². The quantitative estimate of drug-likeness (QED) is 0.783. The summed E-state index contributed by atoms with van der Waals surface area (Å²) >= 11 is 5.29. The molecule has 0 saturated heterocycles. The van der Waals surface area contributed by atoms with Crippen LogP contribution in [0, 0.1) is 6.92 Å². The van der Waals surface area contributed by atoms with Crippen molar-refractivity contribution in [1.29, 1.82) is 0 Å². The Morgan fingerprint density at radius 2 is 2.10 bits per heavy atom. The van der Waals surface area contributed by atoms with Gasteiger partial charge in [0.05, 0.1) is 13.0 Å². The third-order valence-electron chi connectivity index (χ3n) is 2.85. The van der Waals surface area contributed by atoms with Crippen LogP contribution in [0.1, 0.15) is 16.2 Å². The van der Waals surface area contributed by atoms with E-state index in [0.29, 0.717) is 6.61 Å². The molecule has 1 aromatic carbocycles. The molecule has 0 saturated carbocycles. The molecular formula is C15H17BrN2O2S. The molecule has 0 aliphatic rings. The molecule has 1 aromatic heterocycles. The summed E-state index contributed by atoms with van der Waals surface area (Å²) in [7, 11) is 0. The Bertz CT molecular complexity index is 591. The molecule has 4 nitrogen and oxygen atoms in total. The van der Waals surface area contributed by atoms with Crippen LogP contribution in [0.4, 0.5) is 5.69 Å². The Morgan fingerprint density at radius 1 is 1.38 bits per heavy atom. The predicted octanol–water partition coefficient (Wildman–Crippen LogP) is 3.69. The number of primary amides is 1. The number of benzene rings is 1. The summed E-state index contributed by atoms with van der Waals surface area (Å²) in [6.07, 6.45) is 0.229. The van der Waals surface area contributed by atoms with E-state index in [9.17, 15) is 4.79 Å². The molecule has 0 radical (unpaired) electrons. The molecule has 0 spiro atoms. The number of thiophene rings is 1. The fourth-order valence-corrected chi connectivity index (χ4v) is 3.27. The fraction of sp³-hybridized carbons (Fsp3) is 0.267. The standard InChI is InChI=1S/C15H17BrN2O2S/c1-10-14(16)8-13(21-10)9-18-11-2-4-12(5-3-11)20-7-6-15(17)19/h2-5,8,18H,6-7,9H2,1H3,(H2,17,19). The molecule has 6 heteroatoms. The SMILES string of the molecule is Cc1sc(CNc2ccc(OCCC(N)=O)cc2)cc1Br. The van der Waals surface area contributed by atoms with Crippen molar-refractivity contribution in [2.45, 2.75) is 19.9 Å². The second kappa shape index (κ2) is 7.47. The highest BCUT2D eigenvalue weighted by Crippen LogP contribution is 2.27. The maximum atomic E-state index is 10.6. The van der Waals surface area contributed by atoms with Crippen molar-refractivity contribution >= 4 is 38.9 Å². The van der Waals surface area contributed by atoms with Gasteiger partial charge in [-0.05, 0) is 53.2 Å². The van der Waals surface area contributed by atoms with Gasteiger partial charge in [-0.2, -0.15) is 0 Å². The molecule has 0 aliphatic carbocycles. The zero-order chi connectivity index (χ0) is 15.2. The first-order valence-corrected chi connectivity index (χ1v) is 8.15. The lowest BCUT2D eigenvalue weighted by atomic mass is 10.3. The number of carbonyl (C=O) groups is 1. The molecule has 0 fully saturated rings. The highest BCUT2D eigenvalue weighted by Gasteiger charge is 2.03. The molecule has 21 heavy (non-hydrogen) atoms. The van der Waals surface area contributed by atoms with E-state index in [0.717, 1.165) is 22.5 Å². The van der Waals surface area contributed by atoms with Crippen LogP contribution in [-0.2, 0) is 11.3 Å². The third kappa shape index (κ3) is 5.06. The van der Waals surface area contributed by atoms with Gasteiger partial charge in [-0.3, -0.25) is 4.79 Å². The maximum Gasteiger partial charge on any atom is 0.220 e. The molecule has 0 bridgehead atoms. The van der Waals surface area contributed by atoms with Crippen molar-refractivity contribution in [2.24, 2.45) is 5.73 Å². The van der Waals surface area contributed by atoms with E-state index in [2.05, 4.69) is 34.2 Å². The smallest absolute Gasteiger partial charge is 0.220 e. The van der Waals surface area contributed by atoms with Crippen molar-refractivity contribution in [3.63, 3.8) is 0 Å². The number of nitrogens with two attached hydrogens (primary N) is 1. The first kappa shape index (κ1) is 15.9. The fourth-order valence-electron chi connectivity index (χ4n) is 1.73. The van der Waals surface area contributed by atoms with Gasteiger partial charge in [0.25, 0.3) is 0 Å².